The minimum Gasteiger partial charge on any atom is -0.314 e. The van der Waals surface area contributed by atoms with Crippen LogP contribution >= 0.6 is 11.6 Å². The molecule has 0 aliphatic carbocycles. The first-order valence-corrected chi connectivity index (χ1v) is 6.06. The number of hydrogen-bond donors (Lipinski definition) is 1. The van der Waals surface area contributed by atoms with Gasteiger partial charge in [0.25, 0.3) is 0 Å². The molecule has 0 spiro atoms. The van der Waals surface area contributed by atoms with Gasteiger partial charge in [-0.15, -0.1) is 0 Å². The lowest BCUT2D eigenvalue weighted by Crippen LogP contribution is -2.44. The third kappa shape index (κ3) is 2.76. The fraction of sp³-hybridized carbons (Fsp3) is 0.500. The van der Waals surface area contributed by atoms with E-state index in [2.05, 4.69) is 10.2 Å². The van der Waals surface area contributed by atoms with Crippen molar-refractivity contribution in [3.63, 3.8) is 0 Å². The summed E-state index contributed by atoms with van der Waals surface area (Å²) < 4.78 is 27.5. The summed E-state index contributed by atoms with van der Waals surface area (Å²) in [5.74, 6) is -1.14. The minimum atomic E-state index is -0.568. The van der Waals surface area contributed by atoms with Crippen LogP contribution in [0.25, 0.3) is 0 Å². The van der Waals surface area contributed by atoms with Crippen molar-refractivity contribution < 1.29 is 8.78 Å². The number of benzene rings is 1. The highest BCUT2D eigenvalue weighted by Crippen LogP contribution is 2.28. The molecule has 1 aliphatic rings. The van der Waals surface area contributed by atoms with Gasteiger partial charge < -0.3 is 5.32 Å². The predicted molar refractivity (Wildman–Crippen MR) is 64.2 cm³/mol. The highest BCUT2D eigenvalue weighted by atomic mass is 35.5. The van der Waals surface area contributed by atoms with Gasteiger partial charge >= 0.3 is 0 Å². The highest BCUT2D eigenvalue weighted by molar-refractivity contribution is 6.30. The number of rotatable bonds is 2. The van der Waals surface area contributed by atoms with Crippen molar-refractivity contribution in [1.82, 2.24) is 10.2 Å². The van der Waals surface area contributed by atoms with Crippen LogP contribution in [0.1, 0.15) is 18.5 Å². The molecule has 1 saturated heterocycles. The van der Waals surface area contributed by atoms with Gasteiger partial charge in [-0.3, -0.25) is 4.90 Å². The third-order valence-electron chi connectivity index (χ3n) is 3.16. The molecule has 1 atom stereocenters. The third-order valence-corrected chi connectivity index (χ3v) is 3.38. The molecule has 0 unspecified atom stereocenters. The molecule has 1 aromatic rings. The number of nitrogens with one attached hydrogen (secondary N) is 1. The Kier molecular flexibility index (Phi) is 3.97. The van der Waals surface area contributed by atoms with Gasteiger partial charge in [-0.05, 0) is 19.1 Å². The van der Waals surface area contributed by atoms with E-state index in [4.69, 9.17) is 11.6 Å². The zero-order valence-corrected chi connectivity index (χ0v) is 10.4. The lowest BCUT2D eigenvalue weighted by molar-refractivity contribution is 0.179. The number of piperazine rings is 1. The Balaban J connectivity index is 2.26. The molecule has 1 fully saturated rings. The molecule has 0 amide bonds. The Hall–Kier alpha value is -0.710. The van der Waals surface area contributed by atoms with E-state index in [1.807, 2.05) is 6.92 Å². The Morgan fingerprint density at radius 1 is 1.24 bits per heavy atom. The van der Waals surface area contributed by atoms with Crippen LogP contribution in [-0.2, 0) is 0 Å². The largest absolute Gasteiger partial charge is 0.314 e. The summed E-state index contributed by atoms with van der Waals surface area (Å²) in [6.45, 7) is 5.11. The van der Waals surface area contributed by atoms with E-state index < -0.39 is 11.6 Å². The molecule has 1 aromatic carbocycles. The molecule has 0 bridgehead atoms. The first-order chi connectivity index (χ1) is 8.09. The monoisotopic (exact) mass is 260 g/mol. The van der Waals surface area contributed by atoms with Crippen molar-refractivity contribution in [3.8, 4) is 0 Å². The summed E-state index contributed by atoms with van der Waals surface area (Å²) in [5, 5.41) is 3.30. The first-order valence-electron chi connectivity index (χ1n) is 5.69. The van der Waals surface area contributed by atoms with Gasteiger partial charge in [0.15, 0.2) is 0 Å². The van der Waals surface area contributed by atoms with Crippen molar-refractivity contribution in [2.45, 2.75) is 13.0 Å². The van der Waals surface area contributed by atoms with Crippen molar-refractivity contribution >= 4 is 11.6 Å². The smallest absolute Gasteiger partial charge is 0.132 e. The molecule has 1 aliphatic heterocycles. The van der Waals surface area contributed by atoms with Gasteiger partial charge in [0.2, 0.25) is 0 Å². The van der Waals surface area contributed by atoms with Gasteiger partial charge in [0.1, 0.15) is 11.6 Å². The lowest BCUT2D eigenvalue weighted by Gasteiger charge is -2.33. The second kappa shape index (κ2) is 5.29. The van der Waals surface area contributed by atoms with E-state index in [0.717, 1.165) is 26.2 Å². The van der Waals surface area contributed by atoms with Gasteiger partial charge in [-0.2, -0.15) is 0 Å². The second-order valence-electron chi connectivity index (χ2n) is 4.25. The Labute approximate surface area is 105 Å². The molecule has 2 rings (SSSR count). The average Bonchev–Trinajstić information content (AvgIpc) is 2.28. The van der Waals surface area contributed by atoms with Crippen molar-refractivity contribution in [1.29, 1.82) is 0 Å². The Morgan fingerprint density at radius 2 is 1.76 bits per heavy atom. The maximum Gasteiger partial charge on any atom is 0.132 e. The second-order valence-corrected chi connectivity index (χ2v) is 4.68. The van der Waals surface area contributed by atoms with E-state index >= 15 is 0 Å². The van der Waals surface area contributed by atoms with E-state index in [1.54, 1.807) is 0 Å². The van der Waals surface area contributed by atoms with Crippen LogP contribution in [0.2, 0.25) is 5.02 Å². The molecule has 17 heavy (non-hydrogen) atoms. The fourth-order valence-corrected chi connectivity index (χ4v) is 2.40. The highest BCUT2D eigenvalue weighted by Gasteiger charge is 2.24. The molecule has 94 valence electrons. The summed E-state index contributed by atoms with van der Waals surface area (Å²) in [6.07, 6.45) is 0. The topological polar surface area (TPSA) is 15.3 Å². The van der Waals surface area contributed by atoms with Crippen molar-refractivity contribution in [2.75, 3.05) is 26.2 Å². The molecular formula is C12H15ClF2N2. The van der Waals surface area contributed by atoms with Crippen LogP contribution in [0.3, 0.4) is 0 Å². The van der Waals surface area contributed by atoms with Gasteiger partial charge in [0, 0.05) is 42.8 Å². The molecule has 1 N–H and O–H groups in total. The van der Waals surface area contributed by atoms with E-state index in [1.165, 1.54) is 12.1 Å². The summed E-state index contributed by atoms with van der Waals surface area (Å²) in [5.41, 5.74) is 0.108. The van der Waals surface area contributed by atoms with E-state index in [-0.39, 0.29) is 16.6 Å². The molecule has 0 saturated carbocycles. The van der Waals surface area contributed by atoms with Gasteiger partial charge in [-0.1, -0.05) is 11.6 Å². The van der Waals surface area contributed by atoms with Crippen LogP contribution < -0.4 is 5.32 Å². The lowest BCUT2D eigenvalue weighted by atomic mass is 10.0. The molecular weight excluding hydrogens is 246 g/mol. The predicted octanol–water partition coefficient (Wildman–Crippen LogP) is 2.58. The molecule has 1 heterocycles. The molecule has 2 nitrogen and oxygen atoms in total. The van der Waals surface area contributed by atoms with Crippen LogP contribution in [-0.4, -0.2) is 31.1 Å². The van der Waals surface area contributed by atoms with Crippen LogP contribution in [0.5, 0.6) is 0 Å². The number of nitrogens with zero attached hydrogens (tertiary/aromatic N) is 1. The average molecular weight is 261 g/mol. The maximum absolute atomic E-state index is 13.7. The molecule has 0 radical (unpaired) electrons. The van der Waals surface area contributed by atoms with E-state index in [0.29, 0.717) is 0 Å². The zero-order chi connectivity index (χ0) is 12.4. The zero-order valence-electron chi connectivity index (χ0n) is 9.64. The SMILES string of the molecule is C[C@@H](c1c(F)cc(Cl)cc1F)N1CCNCC1. The number of hydrogen-bond acceptors (Lipinski definition) is 2. The Morgan fingerprint density at radius 3 is 2.29 bits per heavy atom. The summed E-state index contributed by atoms with van der Waals surface area (Å²) in [4.78, 5) is 2.06. The quantitative estimate of drug-likeness (QED) is 0.879. The molecule has 0 aromatic heterocycles. The maximum atomic E-state index is 13.7. The van der Waals surface area contributed by atoms with Crippen LogP contribution in [0.4, 0.5) is 8.78 Å². The van der Waals surface area contributed by atoms with Gasteiger partial charge in [0.05, 0.1) is 0 Å². The fourth-order valence-electron chi connectivity index (χ4n) is 2.20. The normalized spacial score (nSPS) is 19.3. The minimum absolute atomic E-state index is 0.0938. The molecule has 5 heteroatoms. The van der Waals surface area contributed by atoms with Crippen molar-refractivity contribution in [2.24, 2.45) is 0 Å². The standard InChI is InChI=1S/C12H15ClF2N2/c1-8(17-4-2-16-3-5-17)12-10(14)6-9(13)7-11(12)15/h6-8,16H,2-5H2,1H3/t8-/m0/s1. The summed E-state index contributed by atoms with van der Waals surface area (Å²) >= 11 is 5.61. The first kappa shape index (κ1) is 12.7. The summed E-state index contributed by atoms with van der Waals surface area (Å²) in [6, 6.07) is 2.06. The van der Waals surface area contributed by atoms with Crippen LogP contribution in [0, 0.1) is 11.6 Å². The summed E-state index contributed by atoms with van der Waals surface area (Å²) in [7, 11) is 0. The van der Waals surface area contributed by atoms with E-state index in [9.17, 15) is 8.78 Å². The van der Waals surface area contributed by atoms with Crippen molar-refractivity contribution in [3.05, 3.63) is 34.4 Å². The Bertz CT molecular complexity index is 382. The van der Waals surface area contributed by atoms with Gasteiger partial charge in [-0.25, -0.2) is 8.78 Å². The van der Waals surface area contributed by atoms with Crippen LogP contribution in [0.15, 0.2) is 12.1 Å². The number of halogens is 3.